The maximum atomic E-state index is 12.4. The van der Waals surface area contributed by atoms with Crippen LogP contribution in [0.2, 0.25) is 0 Å². The average Bonchev–Trinajstić information content (AvgIpc) is 2.53. The SMILES string of the molecule is CCOC(=O)[C@@H](C)C[C@H](NC(=O)c1ccc(C(C)(C)C)cc1)C(N)=O. The molecular formula is C19H28N2O4. The third-order valence-corrected chi connectivity index (χ3v) is 3.94. The standard InChI is InChI=1S/C19H28N2O4/c1-6-25-18(24)12(2)11-15(16(20)22)21-17(23)13-7-9-14(10-8-13)19(3,4)5/h7-10,12,15H,6,11H2,1-5H3,(H2,20,22)(H,21,23)/t12-,15-/m0/s1. The minimum absolute atomic E-state index is 0.0141. The van der Waals surface area contributed by atoms with Crippen LogP contribution in [0.5, 0.6) is 0 Å². The summed E-state index contributed by atoms with van der Waals surface area (Å²) in [6.07, 6.45) is 0.0972. The van der Waals surface area contributed by atoms with E-state index >= 15 is 0 Å². The molecule has 3 N–H and O–H groups in total. The van der Waals surface area contributed by atoms with E-state index in [9.17, 15) is 14.4 Å². The maximum absolute atomic E-state index is 12.4. The maximum Gasteiger partial charge on any atom is 0.308 e. The van der Waals surface area contributed by atoms with Gasteiger partial charge in [0.1, 0.15) is 6.04 Å². The topological polar surface area (TPSA) is 98.5 Å². The number of benzene rings is 1. The first-order chi connectivity index (χ1) is 11.6. The van der Waals surface area contributed by atoms with Gasteiger partial charge in [0, 0.05) is 5.56 Å². The lowest BCUT2D eigenvalue weighted by molar-refractivity contribution is -0.147. The third-order valence-electron chi connectivity index (χ3n) is 3.94. The van der Waals surface area contributed by atoms with Gasteiger partial charge in [-0.1, -0.05) is 39.8 Å². The Bertz CT molecular complexity index is 617. The van der Waals surface area contributed by atoms with Crippen molar-refractivity contribution in [3.63, 3.8) is 0 Å². The number of rotatable bonds is 7. The normalized spacial score (nSPS) is 13.6. The molecule has 0 aliphatic rings. The fourth-order valence-corrected chi connectivity index (χ4v) is 2.34. The first-order valence-corrected chi connectivity index (χ1v) is 8.43. The van der Waals surface area contributed by atoms with Crippen LogP contribution in [0.4, 0.5) is 0 Å². The van der Waals surface area contributed by atoms with Gasteiger partial charge >= 0.3 is 5.97 Å². The Morgan fingerprint density at radius 1 is 1.16 bits per heavy atom. The van der Waals surface area contributed by atoms with E-state index in [2.05, 4.69) is 26.1 Å². The lowest BCUT2D eigenvalue weighted by Crippen LogP contribution is -2.46. The van der Waals surface area contributed by atoms with Gasteiger partial charge in [0.2, 0.25) is 5.91 Å². The number of ether oxygens (including phenoxy) is 1. The van der Waals surface area contributed by atoms with E-state index in [1.54, 1.807) is 26.0 Å². The highest BCUT2D eigenvalue weighted by atomic mass is 16.5. The Morgan fingerprint density at radius 3 is 2.16 bits per heavy atom. The minimum atomic E-state index is -0.936. The molecule has 0 aromatic heterocycles. The molecule has 0 heterocycles. The van der Waals surface area contributed by atoms with E-state index in [0.717, 1.165) is 5.56 Å². The number of nitrogens with two attached hydrogens (primary N) is 1. The molecule has 2 amide bonds. The smallest absolute Gasteiger partial charge is 0.308 e. The number of primary amides is 1. The number of carbonyl (C=O) groups is 3. The molecule has 1 rings (SSSR count). The summed E-state index contributed by atoms with van der Waals surface area (Å²) in [6.45, 7) is 9.86. The summed E-state index contributed by atoms with van der Waals surface area (Å²) in [7, 11) is 0. The number of carbonyl (C=O) groups excluding carboxylic acids is 3. The van der Waals surface area contributed by atoms with Gasteiger partial charge in [-0.25, -0.2) is 0 Å². The van der Waals surface area contributed by atoms with E-state index in [-0.39, 0.29) is 18.4 Å². The molecule has 25 heavy (non-hydrogen) atoms. The first-order valence-electron chi connectivity index (χ1n) is 8.43. The Morgan fingerprint density at radius 2 is 1.72 bits per heavy atom. The molecule has 0 saturated heterocycles. The monoisotopic (exact) mass is 348 g/mol. The van der Waals surface area contributed by atoms with Crippen LogP contribution in [0, 0.1) is 5.92 Å². The summed E-state index contributed by atoms with van der Waals surface area (Å²) in [5.41, 5.74) is 6.88. The second kappa shape index (κ2) is 8.65. The highest BCUT2D eigenvalue weighted by Crippen LogP contribution is 2.22. The van der Waals surface area contributed by atoms with Crippen LogP contribution in [0.1, 0.15) is 57.0 Å². The van der Waals surface area contributed by atoms with Gasteiger partial charge in [-0.2, -0.15) is 0 Å². The quantitative estimate of drug-likeness (QED) is 0.738. The van der Waals surface area contributed by atoms with Crippen molar-refractivity contribution < 1.29 is 19.1 Å². The van der Waals surface area contributed by atoms with E-state index in [4.69, 9.17) is 10.5 Å². The molecular weight excluding hydrogens is 320 g/mol. The summed E-state index contributed by atoms with van der Waals surface area (Å²) < 4.78 is 4.92. The molecule has 6 heteroatoms. The minimum Gasteiger partial charge on any atom is -0.466 e. The van der Waals surface area contributed by atoms with Gasteiger partial charge in [0.25, 0.3) is 5.91 Å². The second-order valence-electron chi connectivity index (χ2n) is 7.14. The van der Waals surface area contributed by atoms with E-state index in [1.165, 1.54) is 0 Å². The van der Waals surface area contributed by atoms with Crippen LogP contribution in [-0.4, -0.2) is 30.4 Å². The van der Waals surface area contributed by atoms with Crippen molar-refractivity contribution in [3.8, 4) is 0 Å². The number of esters is 1. The molecule has 6 nitrogen and oxygen atoms in total. The summed E-state index contributed by atoms with van der Waals surface area (Å²) in [5.74, 6) is -2.05. The first kappa shape index (κ1) is 20.7. The summed E-state index contributed by atoms with van der Waals surface area (Å²) >= 11 is 0. The molecule has 2 atom stereocenters. The molecule has 1 aromatic rings. The molecule has 0 unspecified atom stereocenters. The van der Waals surface area contributed by atoms with E-state index < -0.39 is 29.7 Å². The summed E-state index contributed by atoms with van der Waals surface area (Å²) in [4.78, 5) is 35.7. The fourth-order valence-electron chi connectivity index (χ4n) is 2.34. The van der Waals surface area contributed by atoms with Crippen LogP contribution in [0.3, 0.4) is 0 Å². The highest BCUT2D eigenvalue weighted by Gasteiger charge is 2.25. The predicted octanol–water partition coefficient (Wildman–Crippen LogP) is 2.16. The van der Waals surface area contributed by atoms with Gasteiger partial charge in [-0.3, -0.25) is 14.4 Å². The lowest BCUT2D eigenvalue weighted by Gasteiger charge is -2.20. The van der Waals surface area contributed by atoms with E-state index in [0.29, 0.717) is 5.56 Å². The predicted molar refractivity (Wildman–Crippen MR) is 96.0 cm³/mol. The summed E-state index contributed by atoms with van der Waals surface area (Å²) in [6, 6.07) is 6.25. The molecule has 0 fully saturated rings. The fraction of sp³-hybridized carbons (Fsp3) is 0.526. The van der Waals surface area contributed by atoms with Crippen LogP contribution >= 0.6 is 0 Å². The molecule has 0 bridgehead atoms. The van der Waals surface area contributed by atoms with Crippen molar-refractivity contribution in [3.05, 3.63) is 35.4 Å². The van der Waals surface area contributed by atoms with Crippen molar-refractivity contribution >= 4 is 17.8 Å². The van der Waals surface area contributed by atoms with Crippen LogP contribution in [-0.2, 0) is 19.7 Å². The Labute approximate surface area is 149 Å². The molecule has 138 valence electrons. The Hall–Kier alpha value is -2.37. The van der Waals surface area contributed by atoms with Gasteiger partial charge in [0.15, 0.2) is 0 Å². The van der Waals surface area contributed by atoms with Crippen LogP contribution in [0.25, 0.3) is 0 Å². The zero-order valence-corrected chi connectivity index (χ0v) is 15.6. The third kappa shape index (κ3) is 6.21. The van der Waals surface area contributed by atoms with Gasteiger partial charge in [0.05, 0.1) is 12.5 Å². The second-order valence-corrected chi connectivity index (χ2v) is 7.14. The molecule has 1 aromatic carbocycles. The zero-order valence-electron chi connectivity index (χ0n) is 15.6. The lowest BCUT2D eigenvalue weighted by atomic mass is 9.86. The number of amides is 2. The molecule has 0 radical (unpaired) electrons. The number of hydrogen-bond donors (Lipinski definition) is 2. The average molecular weight is 348 g/mol. The van der Waals surface area contributed by atoms with Crippen molar-refractivity contribution in [1.82, 2.24) is 5.32 Å². The largest absolute Gasteiger partial charge is 0.466 e. The zero-order chi connectivity index (χ0) is 19.2. The van der Waals surface area contributed by atoms with Crippen molar-refractivity contribution in [2.24, 2.45) is 11.7 Å². The molecule has 0 saturated carbocycles. The Balaban J connectivity index is 2.79. The Kier molecular flexibility index (Phi) is 7.15. The van der Waals surface area contributed by atoms with Crippen molar-refractivity contribution in [2.75, 3.05) is 6.61 Å². The summed E-state index contributed by atoms with van der Waals surface area (Å²) in [5, 5.41) is 2.60. The van der Waals surface area contributed by atoms with Crippen molar-refractivity contribution in [1.29, 1.82) is 0 Å². The van der Waals surface area contributed by atoms with Gasteiger partial charge < -0.3 is 15.8 Å². The highest BCUT2D eigenvalue weighted by molar-refractivity contribution is 5.97. The van der Waals surface area contributed by atoms with Gasteiger partial charge in [-0.15, -0.1) is 0 Å². The van der Waals surface area contributed by atoms with Crippen molar-refractivity contribution in [2.45, 2.75) is 52.5 Å². The molecule has 0 aliphatic carbocycles. The van der Waals surface area contributed by atoms with Crippen LogP contribution in [0.15, 0.2) is 24.3 Å². The van der Waals surface area contributed by atoms with E-state index in [1.807, 2.05) is 12.1 Å². The number of hydrogen-bond acceptors (Lipinski definition) is 4. The van der Waals surface area contributed by atoms with Crippen LogP contribution < -0.4 is 11.1 Å². The molecule has 0 spiro atoms. The molecule has 0 aliphatic heterocycles. The van der Waals surface area contributed by atoms with Gasteiger partial charge in [-0.05, 0) is 36.5 Å². The number of nitrogens with one attached hydrogen (secondary N) is 1.